The quantitative estimate of drug-likeness (QED) is 0.792. The fourth-order valence-corrected chi connectivity index (χ4v) is 1.77. The summed E-state index contributed by atoms with van der Waals surface area (Å²) in [5, 5.41) is 3.17. The van der Waals surface area contributed by atoms with Gasteiger partial charge in [-0.2, -0.15) is 0 Å². The van der Waals surface area contributed by atoms with E-state index in [9.17, 15) is 9.18 Å². The Labute approximate surface area is 107 Å². The molecule has 3 nitrogen and oxygen atoms in total. The molecule has 4 heteroatoms. The van der Waals surface area contributed by atoms with Gasteiger partial charge in [-0.05, 0) is 37.6 Å². The van der Waals surface area contributed by atoms with Gasteiger partial charge in [0.05, 0.1) is 13.0 Å². The number of rotatable bonds is 6. The van der Waals surface area contributed by atoms with Gasteiger partial charge in [0, 0.05) is 6.04 Å². The number of carbonyl (C=O) groups is 1. The molecule has 1 atom stereocenters. The average Bonchev–Trinajstić information content (AvgIpc) is 2.32. The maximum absolute atomic E-state index is 13.5. The van der Waals surface area contributed by atoms with Crippen LogP contribution in [0.15, 0.2) is 18.2 Å². The second-order valence-electron chi connectivity index (χ2n) is 4.13. The standard InChI is InChI=1S/C14H20FNO2/c1-4-16-13(9-14(17)18-5-2)11-7-6-10(3)12(15)8-11/h6-8,13,16H,4-5,9H2,1-3H3. The van der Waals surface area contributed by atoms with Crippen molar-refractivity contribution in [2.24, 2.45) is 0 Å². The van der Waals surface area contributed by atoms with Crippen LogP contribution in [-0.2, 0) is 9.53 Å². The van der Waals surface area contributed by atoms with E-state index < -0.39 is 0 Å². The van der Waals surface area contributed by atoms with Gasteiger partial charge in [0.2, 0.25) is 0 Å². The predicted molar refractivity (Wildman–Crippen MR) is 68.8 cm³/mol. The molecule has 1 N–H and O–H groups in total. The van der Waals surface area contributed by atoms with Crippen LogP contribution < -0.4 is 5.32 Å². The van der Waals surface area contributed by atoms with Crippen LogP contribution in [0, 0.1) is 12.7 Å². The minimum absolute atomic E-state index is 0.204. The lowest BCUT2D eigenvalue weighted by molar-refractivity contribution is -0.143. The molecular formula is C14H20FNO2. The molecule has 0 aliphatic heterocycles. The predicted octanol–water partition coefficient (Wildman–Crippen LogP) is 2.74. The Morgan fingerprint density at radius 2 is 2.17 bits per heavy atom. The van der Waals surface area contributed by atoms with E-state index in [2.05, 4.69) is 5.32 Å². The second kappa shape index (κ2) is 7.11. The van der Waals surface area contributed by atoms with E-state index in [0.29, 0.717) is 18.7 Å². The summed E-state index contributed by atoms with van der Waals surface area (Å²) in [5.41, 5.74) is 1.37. The highest BCUT2D eigenvalue weighted by molar-refractivity contribution is 5.70. The number of carbonyl (C=O) groups excluding carboxylic acids is 1. The van der Waals surface area contributed by atoms with Crippen LogP contribution in [0.3, 0.4) is 0 Å². The van der Waals surface area contributed by atoms with Crippen molar-refractivity contribution < 1.29 is 13.9 Å². The molecule has 0 aliphatic rings. The van der Waals surface area contributed by atoms with E-state index in [-0.39, 0.29) is 24.2 Å². The minimum atomic E-state index is -0.274. The zero-order valence-electron chi connectivity index (χ0n) is 11.1. The first-order valence-electron chi connectivity index (χ1n) is 6.23. The smallest absolute Gasteiger partial charge is 0.307 e. The van der Waals surface area contributed by atoms with Crippen molar-refractivity contribution in [3.05, 3.63) is 35.1 Å². The van der Waals surface area contributed by atoms with Crippen molar-refractivity contribution in [2.75, 3.05) is 13.2 Å². The van der Waals surface area contributed by atoms with Crippen molar-refractivity contribution in [1.29, 1.82) is 0 Å². The van der Waals surface area contributed by atoms with Crippen LogP contribution in [0.25, 0.3) is 0 Å². The number of esters is 1. The van der Waals surface area contributed by atoms with Crippen molar-refractivity contribution in [3.8, 4) is 0 Å². The lowest BCUT2D eigenvalue weighted by Gasteiger charge is -2.18. The molecule has 0 radical (unpaired) electrons. The molecule has 0 spiro atoms. The van der Waals surface area contributed by atoms with Gasteiger partial charge in [0.1, 0.15) is 5.82 Å². The second-order valence-corrected chi connectivity index (χ2v) is 4.13. The van der Waals surface area contributed by atoms with Gasteiger partial charge in [0.25, 0.3) is 0 Å². The summed E-state index contributed by atoms with van der Waals surface area (Å²) in [4.78, 5) is 11.5. The first-order chi connectivity index (χ1) is 8.58. The van der Waals surface area contributed by atoms with Gasteiger partial charge in [0.15, 0.2) is 0 Å². The lowest BCUT2D eigenvalue weighted by Crippen LogP contribution is -2.24. The van der Waals surface area contributed by atoms with Crippen LogP contribution in [0.1, 0.15) is 37.4 Å². The molecule has 0 aliphatic carbocycles. The fraction of sp³-hybridized carbons (Fsp3) is 0.500. The highest BCUT2D eigenvalue weighted by Gasteiger charge is 2.16. The molecule has 100 valence electrons. The van der Waals surface area contributed by atoms with Crippen molar-refractivity contribution in [3.63, 3.8) is 0 Å². The summed E-state index contributed by atoms with van der Waals surface area (Å²) < 4.78 is 18.4. The third-order valence-corrected chi connectivity index (χ3v) is 2.72. The van der Waals surface area contributed by atoms with E-state index in [1.54, 1.807) is 19.9 Å². The van der Waals surface area contributed by atoms with Gasteiger partial charge in [-0.25, -0.2) is 4.39 Å². The first-order valence-corrected chi connectivity index (χ1v) is 6.23. The molecule has 0 aromatic heterocycles. The average molecular weight is 253 g/mol. The molecule has 0 saturated carbocycles. The molecule has 18 heavy (non-hydrogen) atoms. The first kappa shape index (κ1) is 14.6. The zero-order valence-corrected chi connectivity index (χ0v) is 11.1. The van der Waals surface area contributed by atoms with Gasteiger partial charge in [-0.1, -0.05) is 19.1 Å². The number of hydrogen-bond donors (Lipinski definition) is 1. The monoisotopic (exact) mass is 253 g/mol. The molecule has 0 amide bonds. The summed E-state index contributed by atoms with van der Waals surface area (Å²) in [6.45, 7) is 6.50. The summed E-state index contributed by atoms with van der Waals surface area (Å²) in [6.07, 6.45) is 0.212. The van der Waals surface area contributed by atoms with Crippen molar-refractivity contribution in [2.45, 2.75) is 33.2 Å². The van der Waals surface area contributed by atoms with E-state index in [1.807, 2.05) is 13.0 Å². The number of ether oxygens (including phenoxy) is 1. The molecule has 0 saturated heterocycles. The lowest BCUT2D eigenvalue weighted by atomic mass is 10.0. The van der Waals surface area contributed by atoms with Crippen molar-refractivity contribution >= 4 is 5.97 Å². The van der Waals surface area contributed by atoms with E-state index in [1.165, 1.54) is 6.07 Å². The Kier molecular flexibility index (Phi) is 5.78. The Hall–Kier alpha value is -1.42. The summed E-state index contributed by atoms with van der Waals surface area (Å²) in [7, 11) is 0. The summed E-state index contributed by atoms with van der Waals surface area (Å²) >= 11 is 0. The third-order valence-electron chi connectivity index (χ3n) is 2.72. The summed E-state index contributed by atoms with van der Waals surface area (Å²) in [6, 6.07) is 4.83. The normalized spacial score (nSPS) is 12.2. The van der Waals surface area contributed by atoms with Crippen LogP contribution in [-0.4, -0.2) is 19.1 Å². The van der Waals surface area contributed by atoms with Gasteiger partial charge >= 0.3 is 5.97 Å². The number of aryl methyl sites for hydroxylation is 1. The van der Waals surface area contributed by atoms with Gasteiger partial charge < -0.3 is 10.1 Å². The van der Waals surface area contributed by atoms with E-state index in [4.69, 9.17) is 4.74 Å². The molecule has 1 unspecified atom stereocenters. The maximum atomic E-state index is 13.5. The Morgan fingerprint density at radius 3 is 2.72 bits per heavy atom. The van der Waals surface area contributed by atoms with Crippen LogP contribution >= 0.6 is 0 Å². The fourth-order valence-electron chi connectivity index (χ4n) is 1.77. The van der Waals surface area contributed by atoms with Crippen LogP contribution in [0.4, 0.5) is 4.39 Å². The Morgan fingerprint density at radius 1 is 1.44 bits per heavy atom. The number of benzene rings is 1. The largest absolute Gasteiger partial charge is 0.466 e. The molecule has 0 fully saturated rings. The molecule has 0 heterocycles. The highest BCUT2D eigenvalue weighted by atomic mass is 19.1. The topological polar surface area (TPSA) is 38.3 Å². The maximum Gasteiger partial charge on any atom is 0.307 e. The van der Waals surface area contributed by atoms with E-state index >= 15 is 0 Å². The molecule has 1 rings (SSSR count). The molecule has 1 aromatic rings. The molecular weight excluding hydrogens is 233 g/mol. The van der Waals surface area contributed by atoms with E-state index in [0.717, 1.165) is 5.56 Å². The summed E-state index contributed by atoms with van der Waals surface area (Å²) in [5.74, 6) is -0.524. The van der Waals surface area contributed by atoms with Crippen LogP contribution in [0.2, 0.25) is 0 Å². The number of nitrogens with one attached hydrogen (secondary N) is 1. The number of halogens is 1. The van der Waals surface area contributed by atoms with Crippen molar-refractivity contribution in [1.82, 2.24) is 5.32 Å². The highest BCUT2D eigenvalue weighted by Crippen LogP contribution is 2.20. The van der Waals surface area contributed by atoms with Gasteiger partial charge in [-0.3, -0.25) is 4.79 Å². The van der Waals surface area contributed by atoms with Gasteiger partial charge in [-0.15, -0.1) is 0 Å². The number of hydrogen-bond acceptors (Lipinski definition) is 3. The zero-order chi connectivity index (χ0) is 13.5. The molecule has 1 aromatic carbocycles. The minimum Gasteiger partial charge on any atom is -0.466 e. The SMILES string of the molecule is CCNC(CC(=O)OCC)c1ccc(C)c(F)c1. The Bertz CT molecular complexity index is 407. The Balaban J connectivity index is 2.82. The molecule has 0 bridgehead atoms. The third kappa shape index (κ3) is 4.11. The van der Waals surface area contributed by atoms with Crippen LogP contribution in [0.5, 0.6) is 0 Å².